The summed E-state index contributed by atoms with van der Waals surface area (Å²) in [6.07, 6.45) is 1.19. The van der Waals surface area contributed by atoms with Crippen LogP contribution in [0.5, 0.6) is 0 Å². The highest BCUT2D eigenvalue weighted by atomic mass is 35.5. The van der Waals surface area contributed by atoms with Crippen molar-refractivity contribution in [3.05, 3.63) is 74.5 Å². The second kappa shape index (κ2) is 8.20. The van der Waals surface area contributed by atoms with Crippen LogP contribution in [0.2, 0.25) is 10.0 Å². The Balaban J connectivity index is 1.95. The van der Waals surface area contributed by atoms with Crippen LogP contribution in [0.25, 0.3) is 0 Å². The number of ketones is 1. The molecule has 3 aromatic rings. The number of nitrogens with one attached hydrogen (secondary N) is 2. The van der Waals surface area contributed by atoms with Gasteiger partial charge in [0.2, 0.25) is 11.6 Å². The maximum absolute atomic E-state index is 11.7. The topological polar surface area (TPSA) is 110 Å². The average molecular weight is 418 g/mol. The van der Waals surface area contributed by atoms with Crippen molar-refractivity contribution < 1.29 is 9.72 Å². The molecular weight excluding hydrogens is 405 g/mol. The molecule has 0 saturated heterocycles. The summed E-state index contributed by atoms with van der Waals surface area (Å²) in [7, 11) is 0. The average Bonchev–Trinajstić information content (AvgIpc) is 2.64. The molecule has 8 nitrogen and oxygen atoms in total. The first kappa shape index (κ1) is 19.5. The maximum atomic E-state index is 11.7. The third-order valence-electron chi connectivity index (χ3n) is 3.74. The third-order valence-corrected chi connectivity index (χ3v) is 4.29. The van der Waals surface area contributed by atoms with Gasteiger partial charge in [-0.1, -0.05) is 23.2 Å². The van der Waals surface area contributed by atoms with Crippen LogP contribution >= 0.6 is 23.2 Å². The first-order chi connectivity index (χ1) is 13.3. The van der Waals surface area contributed by atoms with Gasteiger partial charge in [0, 0.05) is 16.3 Å². The number of anilines is 4. The van der Waals surface area contributed by atoms with E-state index < -0.39 is 4.92 Å². The monoisotopic (exact) mass is 417 g/mol. The van der Waals surface area contributed by atoms with Gasteiger partial charge in [0.15, 0.2) is 5.78 Å². The molecule has 3 rings (SSSR count). The SMILES string of the molecule is CC(=O)c1ccc(Nc2ncnc(Nc3ccc(Cl)cc3Cl)c2[N+](=O)[O-])cc1. The molecule has 0 saturated carbocycles. The quantitative estimate of drug-likeness (QED) is 0.314. The van der Waals surface area contributed by atoms with Crippen molar-refractivity contribution in [2.45, 2.75) is 6.92 Å². The minimum Gasteiger partial charge on any atom is -0.334 e. The highest BCUT2D eigenvalue weighted by Gasteiger charge is 2.24. The molecule has 10 heteroatoms. The molecule has 0 fully saturated rings. The third kappa shape index (κ3) is 4.36. The Morgan fingerprint density at radius 2 is 1.68 bits per heavy atom. The zero-order chi connectivity index (χ0) is 20.3. The standard InChI is InChI=1S/C18H13Cl2N5O3/c1-10(26)11-2-5-13(6-3-11)23-17-16(25(27)28)18(22-9-21-17)24-15-7-4-12(19)8-14(15)20/h2-9H,1H3,(H2,21,22,23,24). The maximum Gasteiger partial charge on any atom is 0.353 e. The minimum absolute atomic E-state index is 0.0110. The summed E-state index contributed by atoms with van der Waals surface area (Å²) in [6.45, 7) is 1.46. The second-order valence-electron chi connectivity index (χ2n) is 5.68. The van der Waals surface area contributed by atoms with Crippen molar-refractivity contribution in [3.8, 4) is 0 Å². The van der Waals surface area contributed by atoms with E-state index in [0.717, 1.165) is 0 Å². The van der Waals surface area contributed by atoms with Gasteiger partial charge < -0.3 is 10.6 Å². The number of benzene rings is 2. The summed E-state index contributed by atoms with van der Waals surface area (Å²) < 4.78 is 0. The van der Waals surface area contributed by atoms with Crippen LogP contribution in [0.3, 0.4) is 0 Å². The van der Waals surface area contributed by atoms with Crippen molar-refractivity contribution in [3.63, 3.8) is 0 Å². The number of rotatable bonds is 6. The molecule has 28 heavy (non-hydrogen) atoms. The molecule has 2 aromatic carbocycles. The zero-order valence-corrected chi connectivity index (χ0v) is 16.0. The number of hydrogen-bond donors (Lipinski definition) is 2. The van der Waals surface area contributed by atoms with E-state index in [9.17, 15) is 14.9 Å². The van der Waals surface area contributed by atoms with Gasteiger partial charge in [-0.2, -0.15) is 0 Å². The fourth-order valence-corrected chi connectivity index (χ4v) is 2.83. The van der Waals surface area contributed by atoms with Crippen molar-refractivity contribution in [2.75, 3.05) is 10.6 Å². The van der Waals surface area contributed by atoms with Gasteiger partial charge in [0.1, 0.15) is 6.33 Å². The van der Waals surface area contributed by atoms with E-state index >= 15 is 0 Å². The van der Waals surface area contributed by atoms with Crippen molar-refractivity contribution in [1.29, 1.82) is 0 Å². The van der Waals surface area contributed by atoms with Crippen LogP contribution < -0.4 is 10.6 Å². The van der Waals surface area contributed by atoms with E-state index in [1.165, 1.54) is 19.3 Å². The molecule has 0 amide bonds. The Labute approximate surface area is 169 Å². The Morgan fingerprint density at radius 1 is 1.04 bits per heavy atom. The van der Waals surface area contributed by atoms with Gasteiger partial charge >= 0.3 is 5.69 Å². The lowest BCUT2D eigenvalue weighted by Gasteiger charge is -2.11. The summed E-state index contributed by atoms with van der Waals surface area (Å²) in [5, 5.41) is 18.1. The van der Waals surface area contributed by atoms with E-state index in [0.29, 0.717) is 22.0 Å². The Bertz CT molecular complexity index is 1060. The van der Waals surface area contributed by atoms with Crippen molar-refractivity contribution in [1.82, 2.24) is 9.97 Å². The van der Waals surface area contributed by atoms with Crippen LogP contribution in [0.15, 0.2) is 48.8 Å². The molecular formula is C18H13Cl2N5O3. The molecule has 0 aliphatic carbocycles. The van der Waals surface area contributed by atoms with Crippen molar-refractivity contribution in [2.24, 2.45) is 0 Å². The van der Waals surface area contributed by atoms with Gasteiger partial charge in [-0.25, -0.2) is 9.97 Å². The van der Waals surface area contributed by atoms with E-state index in [4.69, 9.17) is 23.2 Å². The van der Waals surface area contributed by atoms with Gasteiger partial charge in [-0.3, -0.25) is 14.9 Å². The number of aromatic nitrogens is 2. The fourth-order valence-electron chi connectivity index (χ4n) is 2.38. The largest absolute Gasteiger partial charge is 0.353 e. The van der Waals surface area contributed by atoms with Gasteiger partial charge in [-0.05, 0) is 49.4 Å². The Morgan fingerprint density at radius 3 is 2.25 bits per heavy atom. The summed E-state index contributed by atoms with van der Waals surface area (Å²) in [5.74, 6) is -0.124. The molecule has 0 spiro atoms. The van der Waals surface area contributed by atoms with Crippen molar-refractivity contribution >= 4 is 57.7 Å². The molecule has 0 unspecified atom stereocenters. The summed E-state index contributed by atoms with van der Waals surface area (Å²) >= 11 is 12.0. The van der Waals surface area contributed by atoms with E-state index in [1.807, 2.05) is 0 Å². The number of nitrogens with zero attached hydrogens (tertiary/aromatic N) is 3. The molecule has 0 radical (unpaired) electrons. The molecule has 1 heterocycles. The number of carbonyl (C=O) groups is 1. The normalized spacial score (nSPS) is 10.4. The van der Waals surface area contributed by atoms with Crippen LogP contribution in [0, 0.1) is 10.1 Å². The predicted octanol–water partition coefficient (Wildman–Crippen LogP) is 5.38. The van der Waals surface area contributed by atoms with E-state index in [2.05, 4.69) is 20.6 Å². The van der Waals surface area contributed by atoms with Crippen LogP contribution in [-0.2, 0) is 0 Å². The fraction of sp³-hybridized carbons (Fsp3) is 0.0556. The minimum atomic E-state index is -0.599. The van der Waals surface area contributed by atoms with Crippen LogP contribution in [-0.4, -0.2) is 20.7 Å². The van der Waals surface area contributed by atoms with E-state index in [1.54, 1.807) is 36.4 Å². The number of hydrogen-bond acceptors (Lipinski definition) is 7. The lowest BCUT2D eigenvalue weighted by atomic mass is 10.1. The molecule has 0 aliphatic heterocycles. The zero-order valence-electron chi connectivity index (χ0n) is 14.4. The number of halogens is 2. The van der Waals surface area contributed by atoms with Gasteiger partial charge in [-0.15, -0.1) is 0 Å². The smallest absolute Gasteiger partial charge is 0.334 e. The lowest BCUT2D eigenvalue weighted by molar-refractivity contribution is -0.383. The Kier molecular flexibility index (Phi) is 5.72. The summed E-state index contributed by atoms with van der Waals surface area (Å²) in [4.78, 5) is 30.3. The second-order valence-corrected chi connectivity index (χ2v) is 6.53. The first-order valence-electron chi connectivity index (χ1n) is 7.94. The number of carbonyl (C=O) groups excluding carboxylic acids is 1. The summed E-state index contributed by atoms with van der Waals surface area (Å²) in [6, 6.07) is 11.2. The highest BCUT2D eigenvalue weighted by Crippen LogP contribution is 2.35. The Hall–Kier alpha value is -3.23. The molecule has 142 valence electrons. The predicted molar refractivity (Wildman–Crippen MR) is 108 cm³/mol. The van der Waals surface area contributed by atoms with Crippen LogP contribution in [0.1, 0.15) is 17.3 Å². The number of nitro groups is 1. The van der Waals surface area contributed by atoms with Gasteiger partial charge in [0.05, 0.1) is 15.6 Å². The molecule has 0 bridgehead atoms. The molecule has 0 atom stereocenters. The molecule has 1 aromatic heterocycles. The first-order valence-corrected chi connectivity index (χ1v) is 8.70. The van der Waals surface area contributed by atoms with E-state index in [-0.39, 0.29) is 28.1 Å². The lowest BCUT2D eigenvalue weighted by Crippen LogP contribution is -2.06. The highest BCUT2D eigenvalue weighted by molar-refractivity contribution is 6.36. The molecule has 2 N–H and O–H groups in total. The number of Topliss-reactive ketones (excluding diaryl/α,β-unsaturated/α-hetero) is 1. The molecule has 0 aliphatic rings. The van der Waals surface area contributed by atoms with Crippen LogP contribution in [0.4, 0.5) is 28.7 Å². The van der Waals surface area contributed by atoms with Gasteiger partial charge in [0.25, 0.3) is 0 Å². The summed E-state index contributed by atoms with van der Waals surface area (Å²) in [5.41, 5.74) is 1.11.